The van der Waals surface area contributed by atoms with Crippen molar-refractivity contribution in [3.8, 4) is 5.75 Å². The lowest BCUT2D eigenvalue weighted by Crippen LogP contribution is -2.28. The highest BCUT2D eigenvalue weighted by atomic mass is 79.9. The van der Waals surface area contributed by atoms with Gasteiger partial charge in [-0.3, -0.25) is 9.59 Å². The first-order valence-electron chi connectivity index (χ1n) is 8.42. The number of para-hydroxylation sites is 2. The average Bonchev–Trinajstić information content (AvgIpc) is 3.03. The molecular formula is C20H21BrN2O3. The number of carbonyl (C=O) groups excluding carboxylic acids is 2. The molecule has 2 aromatic rings. The molecule has 0 unspecified atom stereocenters. The predicted molar refractivity (Wildman–Crippen MR) is 106 cm³/mol. The van der Waals surface area contributed by atoms with Crippen LogP contribution < -0.4 is 15.0 Å². The van der Waals surface area contributed by atoms with Crippen LogP contribution in [0.25, 0.3) is 0 Å². The van der Waals surface area contributed by atoms with Crippen LogP contribution in [-0.2, 0) is 9.59 Å². The molecular weight excluding hydrogens is 396 g/mol. The Morgan fingerprint density at radius 2 is 1.92 bits per heavy atom. The lowest BCUT2D eigenvalue weighted by atomic mass is 10.1. The molecule has 0 spiro atoms. The van der Waals surface area contributed by atoms with Crippen LogP contribution in [0, 0.1) is 19.8 Å². The zero-order chi connectivity index (χ0) is 18.8. The summed E-state index contributed by atoms with van der Waals surface area (Å²) in [6.45, 7) is 4.31. The number of rotatable bonds is 4. The number of amides is 2. The van der Waals surface area contributed by atoms with Crippen molar-refractivity contribution in [2.75, 3.05) is 23.9 Å². The van der Waals surface area contributed by atoms with E-state index >= 15 is 0 Å². The minimum absolute atomic E-state index is 0.0710. The van der Waals surface area contributed by atoms with Crippen LogP contribution >= 0.6 is 15.9 Å². The number of nitrogens with one attached hydrogen (secondary N) is 1. The van der Waals surface area contributed by atoms with E-state index in [2.05, 4.69) is 21.2 Å². The number of hydrogen-bond donors (Lipinski definition) is 1. The van der Waals surface area contributed by atoms with Crippen LogP contribution in [0.1, 0.15) is 17.5 Å². The fourth-order valence-electron chi connectivity index (χ4n) is 3.13. The first-order valence-corrected chi connectivity index (χ1v) is 9.21. The van der Waals surface area contributed by atoms with Crippen molar-refractivity contribution in [3.63, 3.8) is 0 Å². The van der Waals surface area contributed by atoms with Gasteiger partial charge in [-0.25, -0.2) is 0 Å². The van der Waals surface area contributed by atoms with Gasteiger partial charge < -0.3 is 15.0 Å². The number of carbonyl (C=O) groups is 2. The number of nitrogens with zero attached hydrogens (tertiary/aromatic N) is 1. The minimum atomic E-state index is -0.393. The van der Waals surface area contributed by atoms with E-state index in [1.807, 2.05) is 50.2 Å². The molecule has 6 heteroatoms. The quantitative estimate of drug-likeness (QED) is 0.816. The van der Waals surface area contributed by atoms with Gasteiger partial charge in [-0.15, -0.1) is 0 Å². The Labute approximate surface area is 161 Å². The van der Waals surface area contributed by atoms with Gasteiger partial charge in [0, 0.05) is 23.1 Å². The summed E-state index contributed by atoms with van der Waals surface area (Å²) < 4.78 is 6.34. The summed E-state index contributed by atoms with van der Waals surface area (Å²) in [5.74, 6) is 0.0241. The Hall–Kier alpha value is -2.34. The molecule has 0 aromatic heterocycles. The Kier molecular flexibility index (Phi) is 5.32. The van der Waals surface area contributed by atoms with Crippen molar-refractivity contribution in [1.82, 2.24) is 0 Å². The molecule has 1 fully saturated rings. The van der Waals surface area contributed by atoms with Crippen LogP contribution in [0.4, 0.5) is 11.4 Å². The van der Waals surface area contributed by atoms with E-state index in [1.165, 1.54) is 0 Å². The normalized spacial score (nSPS) is 16.7. The molecule has 1 heterocycles. The van der Waals surface area contributed by atoms with Crippen molar-refractivity contribution in [3.05, 3.63) is 52.0 Å². The van der Waals surface area contributed by atoms with Gasteiger partial charge >= 0.3 is 0 Å². The zero-order valence-corrected chi connectivity index (χ0v) is 16.6. The topological polar surface area (TPSA) is 58.6 Å². The second kappa shape index (κ2) is 7.50. The van der Waals surface area contributed by atoms with E-state index in [0.717, 1.165) is 21.3 Å². The maximum absolute atomic E-state index is 12.7. The number of hydrogen-bond acceptors (Lipinski definition) is 3. The maximum atomic E-state index is 12.7. The highest BCUT2D eigenvalue weighted by Crippen LogP contribution is 2.33. The molecule has 0 radical (unpaired) electrons. The predicted octanol–water partition coefficient (Wildman–Crippen LogP) is 4.07. The molecule has 0 saturated carbocycles. The van der Waals surface area contributed by atoms with Gasteiger partial charge in [-0.2, -0.15) is 0 Å². The van der Waals surface area contributed by atoms with E-state index in [9.17, 15) is 9.59 Å². The molecule has 136 valence electrons. The summed E-state index contributed by atoms with van der Waals surface area (Å²) in [5, 5.41) is 2.97. The zero-order valence-electron chi connectivity index (χ0n) is 15.0. The van der Waals surface area contributed by atoms with Crippen molar-refractivity contribution < 1.29 is 14.3 Å². The second-order valence-electron chi connectivity index (χ2n) is 6.41. The molecule has 0 bridgehead atoms. The Balaban J connectivity index is 1.76. The van der Waals surface area contributed by atoms with Crippen LogP contribution in [0.5, 0.6) is 5.75 Å². The van der Waals surface area contributed by atoms with Crippen molar-refractivity contribution in [1.29, 1.82) is 0 Å². The Bertz CT molecular complexity index is 866. The Morgan fingerprint density at radius 3 is 2.65 bits per heavy atom. The highest BCUT2D eigenvalue weighted by molar-refractivity contribution is 9.10. The number of benzene rings is 2. The van der Waals surface area contributed by atoms with Crippen LogP contribution in [0.2, 0.25) is 0 Å². The van der Waals surface area contributed by atoms with Crippen LogP contribution in [-0.4, -0.2) is 25.5 Å². The smallest absolute Gasteiger partial charge is 0.229 e. The SMILES string of the molecule is COc1ccccc1N1C[C@H](C(=O)Nc2ccc(Br)c(C)c2C)CC1=O. The molecule has 5 nitrogen and oxygen atoms in total. The van der Waals surface area contributed by atoms with Gasteiger partial charge in [-0.1, -0.05) is 28.1 Å². The van der Waals surface area contributed by atoms with E-state index in [0.29, 0.717) is 18.0 Å². The molecule has 1 atom stereocenters. The van der Waals surface area contributed by atoms with E-state index in [1.54, 1.807) is 12.0 Å². The van der Waals surface area contributed by atoms with Crippen LogP contribution in [0.15, 0.2) is 40.9 Å². The molecule has 2 amide bonds. The van der Waals surface area contributed by atoms with Gasteiger partial charge in [0.05, 0.1) is 18.7 Å². The third-order valence-corrected chi connectivity index (χ3v) is 5.71. The fraction of sp³-hybridized carbons (Fsp3) is 0.300. The van der Waals surface area contributed by atoms with Gasteiger partial charge in [0.1, 0.15) is 5.75 Å². The lowest BCUT2D eigenvalue weighted by molar-refractivity contribution is -0.122. The standard InChI is InChI=1S/C20H21BrN2O3/c1-12-13(2)16(9-8-15(12)21)22-20(25)14-10-19(24)23(11-14)17-6-4-5-7-18(17)26-3/h4-9,14H,10-11H2,1-3H3,(H,22,25)/t14-/m1/s1. The monoisotopic (exact) mass is 416 g/mol. The third-order valence-electron chi connectivity index (χ3n) is 4.85. The maximum Gasteiger partial charge on any atom is 0.229 e. The van der Waals surface area contributed by atoms with Crippen molar-refractivity contribution in [2.24, 2.45) is 5.92 Å². The minimum Gasteiger partial charge on any atom is -0.495 e. The second-order valence-corrected chi connectivity index (χ2v) is 7.27. The van der Waals surface area contributed by atoms with Gasteiger partial charge in [0.15, 0.2) is 0 Å². The van der Waals surface area contributed by atoms with E-state index in [4.69, 9.17) is 4.74 Å². The molecule has 26 heavy (non-hydrogen) atoms. The van der Waals surface area contributed by atoms with E-state index in [-0.39, 0.29) is 18.2 Å². The van der Waals surface area contributed by atoms with Gasteiger partial charge in [0.2, 0.25) is 11.8 Å². The molecule has 3 rings (SSSR count). The Morgan fingerprint density at radius 1 is 1.19 bits per heavy atom. The molecule has 1 aliphatic heterocycles. The van der Waals surface area contributed by atoms with Crippen molar-refractivity contribution in [2.45, 2.75) is 20.3 Å². The molecule has 0 aliphatic carbocycles. The largest absolute Gasteiger partial charge is 0.495 e. The number of halogens is 1. The lowest BCUT2D eigenvalue weighted by Gasteiger charge is -2.19. The molecule has 2 aromatic carbocycles. The summed E-state index contributed by atoms with van der Waals surface area (Å²) >= 11 is 3.49. The summed E-state index contributed by atoms with van der Waals surface area (Å²) in [5.41, 5.74) is 3.57. The third kappa shape index (κ3) is 3.46. The molecule has 1 aliphatic rings. The summed E-state index contributed by atoms with van der Waals surface area (Å²) in [6, 6.07) is 11.1. The first-order chi connectivity index (χ1) is 12.4. The van der Waals surface area contributed by atoms with Crippen molar-refractivity contribution >= 4 is 39.1 Å². The summed E-state index contributed by atoms with van der Waals surface area (Å²) in [4.78, 5) is 26.8. The van der Waals surface area contributed by atoms with Crippen LogP contribution in [0.3, 0.4) is 0 Å². The number of methoxy groups -OCH3 is 1. The van der Waals surface area contributed by atoms with Gasteiger partial charge in [-0.05, 0) is 49.2 Å². The highest BCUT2D eigenvalue weighted by Gasteiger charge is 2.36. The number of anilines is 2. The van der Waals surface area contributed by atoms with Gasteiger partial charge in [0.25, 0.3) is 0 Å². The first kappa shape index (κ1) is 18.5. The molecule has 1 N–H and O–H groups in total. The summed E-state index contributed by atoms with van der Waals surface area (Å²) in [7, 11) is 1.57. The average molecular weight is 417 g/mol. The fourth-order valence-corrected chi connectivity index (χ4v) is 3.56. The number of ether oxygens (including phenoxy) is 1. The summed E-state index contributed by atoms with van der Waals surface area (Å²) in [6.07, 6.45) is 0.193. The molecule has 1 saturated heterocycles. The van der Waals surface area contributed by atoms with E-state index < -0.39 is 5.92 Å².